The zero-order chi connectivity index (χ0) is 12.6. The van der Waals surface area contributed by atoms with E-state index in [1.165, 1.54) is 13.8 Å². The largest absolute Gasteiger partial charge is 0.381 e. The fourth-order valence-corrected chi connectivity index (χ4v) is 1.92. The second-order valence-corrected chi connectivity index (χ2v) is 5.40. The molecule has 0 radical (unpaired) electrons. The summed E-state index contributed by atoms with van der Waals surface area (Å²) < 4.78 is 0. The quantitative estimate of drug-likeness (QED) is 0.668. The molecule has 0 spiro atoms. The van der Waals surface area contributed by atoms with Crippen LogP contribution in [0.15, 0.2) is 0 Å². The summed E-state index contributed by atoms with van der Waals surface area (Å²) in [5, 5.41) is 9.66. The van der Waals surface area contributed by atoms with E-state index in [0.717, 1.165) is 6.41 Å². The summed E-state index contributed by atoms with van der Waals surface area (Å²) in [4.78, 5) is 26.0. The fourth-order valence-electron chi connectivity index (χ4n) is 1.92. The topological polar surface area (TPSA) is 60.9 Å². The highest BCUT2D eigenvalue weighted by molar-refractivity contribution is 5.84. The van der Waals surface area contributed by atoms with E-state index in [9.17, 15) is 14.7 Å². The highest BCUT2D eigenvalue weighted by Crippen LogP contribution is 2.21. The Balaban J connectivity index is 2.76. The predicted octanol–water partition coefficient (Wildman–Crippen LogP) is -0.163. The lowest BCUT2D eigenvalue weighted by Gasteiger charge is -2.46. The van der Waals surface area contributed by atoms with Gasteiger partial charge in [-0.25, -0.2) is 0 Å². The third kappa shape index (κ3) is 2.52. The molecule has 0 saturated carbocycles. The lowest BCUT2D eigenvalue weighted by Crippen LogP contribution is -2.62. The van der Waals surface area contributed by atoms with Crippen molar-refractivity contribution >= 4 is 12.3 Å². The van der Waals surface area contributed by atoms with Crippen LogP contribution in [0.2, 0.25) is 0 Å². The van der Waals surface area contributed by atoms with Crippen LogP contribution in [0.4, 0.5) is 0 Å². The third-order valence-electron chi connectivity index (χ3n) is 2.90. The number of rotatable bonds is 2. The number of carbonyl (C=O) groups excluding carboxylic acids is 2. The zero-order valence-electron chi connectivity index (χ0n) is 10.4. The van der Waals surface area contributed by atoms with Crippen molar-refractivity contribution in [1.29, 1.82) is 0 Å². The lowest BCUT2D eigenvalue weighted by molar-refractivity contribution is -0.154. The van der Waals surface area contributed by atoms with Gasteiger partial charge in [0, 0.05) is 19.6 Å². The number of nitrogens with zero attached hydrogens (tertiary/aromatic N) is 2. The molecular formula is C11H20N2O3. The van der Waals surface area contributed by atoms with Gasteiger partial charge in [0.2, 0.25) is 6.41 Å². The van der Waals surface area contributed by atoms with E-state index >= 15 is 0 Å². The molecule has 0 atom stereocenters. The molecule has 92 valence electrons. The Morgan fingerprint density at radius 1 is 1.38 bits per heavy atom. The smallest absolute Gasteiger partial charge is 0.254 e. The van der Waals surface area contributed by atoms with Crippen molar-refractivity contribution in [3.05, 3.63) is 0 Å². The van der Waals surface area contributed by atoms with Gasteiger partial charge in [-0.2, -0.15) is 0 Å². The number of carbonyl (C=O) groups is 2. The minimum Gasteiger partial charge on any atom is -0.381 e. The van der Waals surface area contributed by atoms with Crippen molar-refractivity contribution in [1.82, 2.24) is 9.80 Å². The van der Waals surface area contributed by atoms with Crippen LogP contribution in [0.1, 0.15) is 27.7 Å². The normalized spacial score (nSPS) is 20.8. The number of hydrogen-bond acceptors (Lipinski definition) is 3. The minimum absolute atomic E-state index is 0.286. The van der Waals surface area contributed by atoms with E-state index in [0.29, 0.717) is 19.6 Å². The van der Waals surface area contributed by atoms with E-state index in [1.807, 2.05) is 13.8 Å². The maximum absolute atomic E-state index is 11.9. The molecule has 0 unspecified atom stereocenters. The Bertz CT molecular complexity index is 294. The monoisotopic (exact) mass is 228 g/mol. The van der Waals surface area contributed by atoms with E-state index in [2.05, 4.69) is 0 Å². The van der Waals surface area contributed by atoms with Gasteiger partial charge in [-0.15, -0.1) is 0 Å². The first-order valence-corrected chi connectivity index (χ1v) is 5.42. The van der Waals surface area contributed by atoms with Gasteiger partial charge in [0.25, 0.3) is 5.91 Å². The number of piperazine rings is 1. The van der Waals surface area contributed by atoms with Gasteiger partial charge in [-0.1, -0.05) is 0 Å². The molecule has 5 heteroatoms. The molecule has 1 heterocycles. The first-order chi connectivity index (χ1) is 7.18. The second-order valence-electron chi connectivity index (χ2n) is 5.40. The molecule has 16 heavy (non-hydrogen) atoms. The first kappa shape index (κ1) is 13.0. The summed E-state index contributed by atoms with van der Waals surface area (Å²) in [5.74, 6) is -0.286. The fraction of sp³-hybridized carbons (Fsp3) is 0.818. The standard InChI is InChI=1S/C11H20N2O3/c1-10(2)7-12(5-6-13(10)8-14)9(15)11(3,4)16/h8,16H,5-7H2,1-4H3. The van der Waals surface area contributed by atoms with E-state index in [1.54, 1.807) is 9.80 Å². The molecule has 1 fully saturated rings. The van der Waals surface area contributed by atoms with Crippen LogP contribution >= 0.6 is 0 Å². The minimum atomic E-state index is -1.35. The molecule has 1 rings (SSSR count). The maximum atomic E-state index is 11.9. The van der Waals surface area contributed by atoms with E-state index in [-0.39, 0.29) is 11.4 Å². The Kier molecular flexibility index (Phi) is 3.28. The van der Waals surface area contributed by atoms with Crippen LogP contribution in [0.25, 0.3) is 0 Å². The second kappa shape index (κ2) is 4.05. The highest BCUT2D eigenvalue weighted by Gasteiger charge is 2.38. The van der Waals surface area contributed by atoms with Gasteiger partial charge in [-0.3, -0.25) is 9.59 Å². The average molecular weight is 228 g/mol. The van der Waals surface area contributed by atoms with Crippen LogP contribution in [-0.4, -0.2) is 58.0 Å². The molecule has 5 nitrogen and oxygen atoms in total. The summed E-state index contributed by atoms with van der Waals surface area (Å²) in [6, 6.07) is 0. The van der Waals surface area contributed by atoms with E-state index < -0.39 is 5.60 Å². The molecule has 0 aromatic heterocycles. The molecule has 2 amide bonds. The van der Waals surface area contributed by atoms with Gasteiger partial charge in [-0.05, 0) is 27.7 Å². The zero-order valence-corrected chi connectivity index (χ0v) is 10.4. The predicted molar refractivity (Wildman–Crippen MR) is 59.7 cm³/mol. The summed E-state index contributed by atoms with van der Waals surface area (Å²) in [7, 11) is 0. The van der Waals surface area contributed by atoms with Gasteiger partial charge in [0.1, 0.15) is 5.60 Å². The van der Waals surface area contributed by atoms with Crippen molar-refractivity contribution in [3.63, 3.8) is 0 Å². The van der Waals surface area contributed by atoms with Gasteiger partial charge in [0.15, 0.2) is 0 Å². The number of aliphatic hydroxyl groups is 1. The molecular weight excluding hydrogens is 208 g/mol. The summed E-state index contributed by atoms with van der Waals surface area (Å²) in [6.07, 6.45) is 0.811. The van der Waals surface area contributed by atoms with Crippen LogP contribution in [0.5, 0.6) is 0 Å². The van der Waals surface area contributed by atoms with Gasteiger partial charge >= 0.3 is 0 Å². The molecule has 1 saturated heterocycles. The molecule has 0 aromatic rings. The summed E-state index contributed by atoms with van der Waals surface area (Å²) in [6.45, 7) is 8.22. The Morgan fingerprint density at radius 3 is 2.31 bits per heavy atom. The number of hydrogen-bond donors (Lipinski definition) is 1. The lowest BCUT2D eigenvalue weighted by atomic mass is 9.97. The van der Waals surface area contributed by atoms with Gasteiger partial charge < -0.3 is 14.9 Å². The van der Waals surface area contributed by atoms with Crippen molar-refractivity contribution < 1.29 is 14.7 Å². The molecule has 0 aliphatic carbocycles. The molecule has 1 N–H and O–H groups in total. The average Bonchev–Trinajstić information content (AvgIpc) is 2.13. The number of amides is 2. The van der Waals surface area contributed by atoms with Crippen LogP contribution in [0, 0.1) is 0 Å². The molecule has 1 aliphatic heterocycles. The third-order valence-corrected chi connectivity index (χ3v) is 2.90. The molecule has 0 aromatic carbocycles. The molecule has 1 aliphatic rings. The Morgan fingerprint density at radius 2 is 1.94 bits per heavy atom. The Hall–Kier alpha value is -1.10. The van der Waals surface area contributed by atoms with Crippen LogP contribution in [-0.2, 0) is 9.59 Å². The molecule has 0 bridgehead atoms. The first-order valence-electron chi connectivity index (χ1n) is 5.42. The van der Waals surface area contributed by atoms with Crippen molar-refractivity contribution in [3.8, 4) is 0 Å². The summed E-state index contributed by atoms with van der Waals surface area (Å²) in [5.41, 5.74) is -1.72. The van der Waals surface area contributed by atoms with Crippen molar-refractivity contribution in [2.75, 3.05) is 19.6 Å². The Labute approximate surface area is 96.0 Å². The van der Waals surface area contributed by atoms with E-state index in [4.69, 9.17) is 0 Å². The van der Waals surface area contributed by atoms with Crippen LogP contribution in [0.3, 0.4) is 0 Å². The summed E-state index contributed by atoms with van der Waals surface area (Å²) >= 11 is 0. The van der Waals surface area contributed by atoms with Crippen LogP contribution < -0.4 is 0 Å². The van der Waals surface area contributed by atoms with Gasteiger partial charge in [0.05, 0.1) is 5.54 Å². The van der Waals surface area contributed by atoms with Crippen molar-refractivity contribution in [2.24, 2.45) is 0 Å². The SMILES string of the molecule is CC(C)(O)C(=O)N1CCN(C=O)C(C)(C)C1. The highest BCUT2D eigenvalue weighted by atomic mass is 16.3. The maximum Gasteiger partial charge on any atom is 0.254 e. The van der Waals surface area contributed by atoms with Crippen molar-refractivity contribution in [2.45, 2.75) is 38.8 Å².